The van der Waals surface area contributed by atoms with Crippen LogP contribution in [0.1, 0.15) is 30.8 Å². The van der Waals surface area contributed by atoms with E-state index in [9.17, 15) is 0 Å². The Morgan fingerprint density at radius 1 is 1.71 bits per heavy atom. The van der Waals surface area contributed by atoms with Gasteiger partial charge in [-0.1, -0.05) is 6.92 Å². The quantitative estimate of drug-likeness (QED) is 0.826. The average molecular weight is 211 g/mol. The predicted octanol–water partition coefficient (Wildman–Crippen LogP) is 1.63. The smallest absolute Gasteiger partial charge is 0.111 e. The van der Waals surface area contributed by atoms with Gasteiger partial charge in [-0.05, 0) is 19.4 Å². The zero-order chi connectivity index (χ0) is 9.97. The molecular weight excluding hydrogens is 194 g/mol. The van der Waals surface area contributed by atoms with Crippen LogP contribution < -0.4 is 5.73 Å². The van der Waals surface area contributed by atoms with Gasteiger partial charge in [-0.3, -0.25) is 4.90 Å². The van der Waals surface area contributed by atoms with Crippen LogP contribution in [0.25, 0.3) is 0 Å². The molecule has 0 bridgehead atoms. The molecule has 3 nitrogen and oxygen atoms in total. The number of hydrogen-bond donors (Lipinski definition) is 1. The van der Waals surface area contributed by atoms with Crippen molar-refractivity contribution in [2.75, 3.05) is 13.1 Å². The van der Waals surface area contributed by atoms with E-state index in [0.717, 1.165) is 19.5 Å². The van der Waals surface area contributed by atoms with Gasteiger partial charge in [0.15, 0.2) is 0 Å². The minimum absolute atomic E-state index is 0.271. The van der Waals surface area contributed by atoms with Gasteiger partial charge >= 0.3 is 0 Å². The molecule has 0 unspecified atom stereocenters. The van der Waals surface area contributed by atoms with Crippen molar-refractivity contribution in [3.05, 3.63) is 16.6 Å². The van der Waals surface area contributed by atoms with Crippen LogP contribution >= 0.6 is 11.3 Å². The van der Waals surface area contributed by atoms with Gasteiger partial charge in [-0.25, -0.2) is 4.98 Å². The lowest BCUT2D eigenvalue weighted by atomic mass is 10.1. The highest BCUT2D eigenvalue weighted by molar-refractivity contribution is 7.09. The lowest BCUT2D eigenvalue weighted by molar-refractivity contribution is 0.248. The third kappa shape index (κ3) is 1.82. The van der Waals surface area contributed by atoms with Crippen LogP contribution in [-0.2, 0) is 0 Å². The van der Waals surface area contributed by atoms with Crippen molar-refractivity contribution < 1.29 is 0 Å². The molecular formula is C10H17N3S. The van der Waals surface area contributed by atoms with E-state index in [1.54, 1.807) is 11.3 Å². The van der Waals surface area contributed by atoms with Crippen molar-refractivity contribution in [3.8, 4) is 0 Å². The molecule has 1 fully saturated rings. The summed E-state index contributed by atoms with van der Waals surface area (Å²) in [5.74, 6) is 0. The van der Waals surface area contributed by atoms with Crippen molar-refractivity contribution >= 4 is 11.3 Å². The number of rotatable bonds is 3. The Bertz CT molecular complexity index is 271. The first-order valence-corrected chi connectivity index (χ1v) is 6.10. The first-order chi connectivity index (χ1) is 6.83. The first-order valence-electron chi connectivity index (χ1n) is 5.22. The van der Waals surface area contributed by atoms with E-state index in [4.69, 9.17) is 5.73 Å². The fourth-order valence-corrected chi connectivity index (χ4v) is 2.99. The third-order valence-corrected chi connectivity index (χ3v) is 3.61. The molecule has 1 saturated heterocycles. The average Bonchev–Trinajstić information content (AvgIpc) is 2.76. The Balaban J connectivity index is 2.13. The molecule has 78 valence electrons. The van der Waals surface area contributed by atoms with E-state index in [1.165, 1.54) is 11.4 Å². The van der Waals surface area contributed by atoms with Crippen LogP contribution in [0.5, 0.6) is 0 Å². The zero-order valence-electron chi connectivity index (χ0n) is 8.52. The van der Waals surface area contributed by atoms with E-state index in [1.807, 2.05) is 11.6 Å². The Morgan fingerprint density at radius 2 is 2.57 bits per heavy atom. The Kier molecular flexibility index (Phi) is 3.15. The van der Waals surface area contributed by atoms with Gasteiger partial charge in [-0.2, -0.15) is 0 Å². The number of thiazole rings is 1. The van der Waals surface area contributed by atoms with E-state index in [-0.39, 0.29) is 6.04 Å². The summed E-state index contributed by atoms with van der Waals surface area (Å²) >= 11 is 1.72. The lowest BCUT2D eigenvalue weighted by Gasteiger charge is -2.24. The van der Waals surface area contributed by atoms with E-state index in [2.05, 4.69) is 16.8 Å². The normalized spacial score (nSPS) is 28.4. The largest absolute Gasteiger partial charge is 0.326 e. The molecule has 14 heavy (non-hydrogen) atoms. The second kappa shape index (κ2) is 4.38. The number of likely N-dealkylation sites (tertiary alicyclic amines) is 1. The number of aromatic nitrogens is 1. The highest BCUT2D eigenvalue weighted by Crippen LogP contribution is 2.31. The first kappa shape index (κ1) is 10.1. The maximum atomic E-state index is 6.12. The standard InChI is InChI=1S/C10H17N3S/c1-2-5-13-6-3-8(11)9(13)10-12-4-7-14-10/h4,7-9H,2-3,5-6,11H2,1H3/t8-,9-/m1/s1. The summed E-state index contributed by atoms with van der Waals surface area (Å²) in [5, 5.41) is 3.22. The minimum Gasteiger partial charge on any atom is -0.326 e. The van der Waals surface area contributed by atoms with Crippen LogP contribution in [0.2, 0.25) is 0 Å². The van der Waals surface area contributed by atoms with Crippen molar-refractivity contribution in [3.63, 3.8) is 0 Å². The summed E-state index contributed by atoms with van der Waals surface area (Å²) in [4.78, 5) is 6.84. The van der Waals surface area contributed by atoms with Gasteiger partial charge in [0.05, 0.1) is 6.04 Å². The van der Waals surface area contributed by atoms with Crippen LogP contribution in [0.3, 0.4) is 0 Å². The summed E-state index contributed by atoms with van der Waals surface area (Å²) in [6, 6.07) is 0.641. The molecule has 0 radical (unpaired) electrons. The number of nitrogens with two attached hydrogens (primary N) is 1. The minimum atomic E-state index is 0.271. The van der Waals surface area contributed by atoms with Gasteiger partial charge in [-0.15, -0.1) is 11.3 Å². The molecule has 1 aromatic heterocycles. The topological polar surface area (TPSA) is 42.1 Å². The molecule has 1 aliphatic rings. The SMILES string of the molecule is CCCN1CC[C@@H](N)[C@@H]1c1nccs1. The Labute approximate surface area is 88.9 Å². The highest BCUT2D eigenvalue weighted by atomic mass is 32.1. The maximum absolute atomic E-state index is 6.12. The molecule has 0 aromatic carbocycles. The summed E-state index contributed by atoms with van der Waals surface area (Å²) in [7, 11) is 0. The molecule has 1 aliphatic heterocycles. The molecule has 2 heterocycles. The van der Waals surface area contributed by atoms with Gasteiger partial charge in [0.25, 0.3) is 0 Å². The fourth-order valence-electron chi connectivity index (χ4n) is 2.14. The summed E-state index contributed by atoms with van der Waals surface area (Å²) < 4.78 is 0. The summed E-state index contributed by atoms with van der Waals surface area (Å²) in [6.07, 6.45) is 4.16. The Hall–Kier alpha value is -0.450. The second-order valence-electron chi connectivity index (χ2n) is 3.80. The number of hydrogen-bond acceptors (Lipinski definition) is 4. The van der Waals surface area contributed by atoms with Crippen LogP contribution in [0.4, 0.5) is 0 Å². The molecule has 0 amide bonds. The lowest BCUT2D eigenvalue weighted by Crippen LogP contribution is -2.32. The molecule has 0 aliphatic carbocycles. The molecule has 2 atom stereocenters. The number of nitrogens with zero attached hydrogens (tertiary/aromatic N) is 2. The van der Waals surface area contributed by atoms with Crippen LogP contribution in [0, 0.1) is 0 Å². The van der Waals surface area contributed by atoms with Gasteiger partial charge in [0.1, 0.15) is 5.01 Å². The molecule has 0 spiro atoms. The van der Waals surface area contributed by atoms with Crippen molar-refractivity contribution in [1.82, 2.24) is 9.88 Å². The molecule has 4 heteroatoms. The van der Waals surface area contributed by atoms with Gasteiger partial charge in [0, 0.05) is 24.2 Å². The zero-order valence-corrected chi connectivity index (χ0v) is 9.33. The maximum Gasteiger partial charge on any atom is 0.111 e. The van der Waals surface area contributed by atoms with Gasteiger partial charge in [0.2, 0.25) is 0 Å². The molecule has 2 rings (SSSR count). The van der Waals surface area contributed by atoms with E-state index in [0.29, 0.717) is 6.04 Å². The van der Waals surface area contributed by atoms with Crippen LogP contribution in [-0.4, -0.2) is 29.0 Å². The summed E-state index contributed by atoms with van der Waals surface area (Å²) in [6.45, 7) is 4.47. The Morgan fingerprint density at radius 3 is 3.21 bits per heavy atom. The molecule has 2 N–H and O–H groups in total. The van der Waals surface area contributed by atoms with E-state index >= 15 is 0 Å². The molecule has 0 saturated carbocycles. The third-order valence-electron chi connectivity index (χ3n) is 2.76. The highest BCUT2D eigenvalue weighted by Gasteiger charge is 2.33. The van der Waals surface area contributed by atoms with Gasteiger partial charge < -0.3 is 5.73 Å². The van der Waals surface area contributed by atoms with Crippen molar-refractivity contribution in [1.29, 1.82) is 0 Å². The predicted molar refractivity (Wildman–Crippen MR) is 59.3 cm³/mol. The second-order valence-corrected chi connectivity index (χ2v) is 4.73. The van der Waals surface area contributed by atoms with Crippen molar-refractivity contribution in [2.24, 2.45) is 5.73 Å². The molecule has 1 aromatic rings. The summed E-state index contributed by atoms with van der Waals surface area (Å²) in [5.41, 5.74) is 6.12. The fraction of sp³-hybridized carbons (Fsp3) is 0.700. The van der Waals surface area contributed by atoms with Crippen molar-refractivity contribution in [2.45, 2.75) is 31.8 Å². The van der Waals surface area contributed by atoms with E-state index < -0.39 is 0 Å². The van der Waals surface area contributed by atoms with Crippen LogP contribution in [0.15, 0.2) is 11.6 Å². The monoisotopic (exact) mass is 211 g/mol.